The first kappa shape index (κ1) is 21.3. The van der Waals surface area contributed by atoms with E-state index in [0.717, 1.165) is 29.7 Å². The fourth-order valence-corrected chi connectivity index (χ4v) is 3.11. The number of nitrogens with zero attached hydrogens (tertiary/aromatic N) is 1. The number of rotatable bonds is 8. The van der Waals surface area contributed by atoms with Gasteiger partial charge in [-0.3, -0.25) is 4.79 Å². The smallest absolute Gasteiger partial charge is 0.258 e. The number of nitrogens with two attached hydrogens (primary N) is 1. The molecule has 0 aliphatic carbocycles. The molecule has 2 aromatic rings. The standard InChI is InChI=1S/C22H34N2O3/c1-7-8-11-26-20-18-12-16(27-15(2)3)9-10-17(18)21(25)24(19(20)13-23)14-22(4,5)6/h9-10,12,15H,7-8,11,13-14,23H2,1-6H3. The van der Waals surface area contributed by atoms with E-state index in [0.29, 0.717) is 24.3 Å². The van der Waals surface area contributed by atoms with Crippen molar-refractivity contribution in [3.05, 3.63) is 34.2 Å². The Kier molecular flexibility index (Phi) is 6.93. The van der Waals surface area contributed by atoms with Crippen molar-refractivity contribution >= 4 is 10.8 Å². The van der Waals surface area contributed by atoms with Crippen LogP contribution in [0.5, 0.6) is 11.5 Å². The Hall–Kier alpha value is -2.01. The predicted octanol–water partition coefficient (Wildman–Crippen LogP) is 4.47. The molecule has 0 saturated carbocycles. The van der Waals surface area contributed by atoms with Crippen LogP contribution in [0.25, 0.3) is 10.8 Å². The average molecular weight is 375 g/mol. The van der Waals surface area contributed by atoms with Gasteiger partial charge in [0.2, 0.25) is 0 Å². The molecule has 0 unspecified atom stereocenters. The fourth-order valence-electron chi connectivity index (χ4n) is 3.11. The molecule has 0 aliphatic heterocycles. The molecule has 0 saturated heterocycles. The van der Waals surface area contributed by atoms with Crippen LogP contribution in [0, 0.1) is 5.41 Å². The number of unbranched alkanes of at least 4 members (excludes halogenated alkanes) is 1. The van der Waals surface area contributed by atoms with Crippen molar-refractivity contribution in [2.45, 2.75) is 73.6 Å². The second-order valence-corrected chi connectivity index (χ2v) is 8.51. The van der Waals surface area contributed by atoms with Gasteiger partial charge in [0.05, 0.1) is 23.8 Å². The van der Waals surface area contributed by atoms with Crippen LogP contribution in [0.3, 0.4) is 0 Å². The summed E-state index contributed by atoms with van der Waals surface area (Å²) in [7, 11) is 0. The number of fused-ring (bicyclic) bond motifs is 1. The van der Waals surface area contributed by atoms with Crippen LogP contribution in [-0.2, 0) is 13.1 Å². The van der Waals surface area contributed by atoms with Gasteiger partial charge in [-0.1, -0.05) is 34.1 Å². The molecule has 150 valence electrons. The lowest BCUT2D eigenvalue weighted by molar-refractivity contribution is 0.242. The normalized spacial score (nSPS) is 12.0. The summed E-state index contributed by atoms with van der Waals surface area (Å²) in [6, 6.07) is 5.59. The zero-order valence-corrected chi connectivity index (χ0v) is 17.6. The third kappa shape index (κ3) is 5.25. The van der Waals surface area contributed by atoms with Crippen molar-refractivity contribution in [1.29, 1.82) is 0 Å². The quantitative estimate of drug-likeness (QED) is 0.692. The van der Waals surface area contributed by atoms with E-state index >= 15 is 0 Å². The zero-order chi connectivity index (χ0) is 20.2. The number of aromatic nitrogens is 1. The summed E-state index contributed by atoms with van der Waals surface area (Å²) < 4.78 is 13.8. The van der Waals surface area contributed by atoms with Gasteiger partial charge in [0.25, 0.3) is 5.56 Å². The van der Waals surface area contributed by atoms with E-state index in [1.807, 2.05) is 32.0 Å². The number of benzene rings is 1. The molecule has 0 aliphatic rings. The third-order valence-electron chi connectivity index (χ3n) is 4.24. The predicted molar refractivity (Wildman–Crippen MR) is 112 cm³/mol. The molecule has 2 N–H and O–H groups in total. The van der Waals surface area contributed by atoms with Crippen molar-refractivity contribution < 1.29 is 9.47 Å². The summed E-state index contributed by atoms with van der Waals surface area (Å²) in [5, 5.41) is 1.42. The maximum Gasteiger partial charge on any atom is 0.258 e. The summed E-state index contributed by atoms with van der Waals surface area (Å²) >= 11 is 0. The third-order valence-corrected chi connectivity index (χ3v) is 4.24. The van der Waals surface area contributed by atoms with Gasteiger partial charge in [0.15, 0.2) is 0 Å². The van der Waals surface area contributed by atoms with Crippen LogP contribution < -0.4 is 20.8 Å². The molecule has 0 fully saturated rings. The lowest BCUT2D eigenvalue weighted by atomic mass is 9.96. The molecule has 0 spiro atoms. The van der Waals surface area contributed by atoms with Gasteiger partial charge in [-0.25, -0.2) is 0 Å². The molecule has 1 heterocycles. The molecule has 1 aromatic carbocycles. The van der Waals surface area contributed by atoms with Crippen molar-refractivity contribution in [3.63, 3.8) is 0 Å². The molecule has 0 radical (unpaired) electrons. The lowest BCUT2D eigenvalue weighted by Crippen LogP contribution is -2.31. The first-order valence-electron chi connectivity index (χ1n) is 9.87. The number of hydrogen-bond acceptors (Lipinski definition) is 4. The van der Waals surface area contributed by atoms with Crippen LogP contribution in [0.15, 0.2) is 23.0 Å². The van der Waals surface area contributed by atoms with Gasteiger partial charge >= 0.3 is 0 Å². The molecule has 5 heteroatoms. The minimum atomic E-state index is -0.0528. The summed E-state index contributed by atoms with van der Waals surface area (Å²) in [6.07, 6.45) is 2.05. The van der Waals surface area contributed by atoms with Gasteiger partial charge in [0, 0.05) is 18.5 Å². The summed E-state index contributed by atoms with van der Waals surface area (Å²) in [6.45, 7) is 13.9. The van der Waals surface area contributed by atoms with E-state index < -0.39 is 0 Å². The average Bonchev–Trinajstić information content (AvgIpc) is 2.57. The topological polar surface area (TPSA) is 66.5 Å². The lowest BCUT2D eigenvalue weighted by Gasteiger charge is -2.25. The highest BCUT2D eigenvalue weighted by Crippen LogP contribution is 2.32. The van der Waals surface area contributed by atoms with Gasteiger partial charge in [-0.15, -0.1) is 0 Å². The Balaban J connectivity index is 2.73. The molecule has 2 rings (SSSR count). The van der Waals surface area contributed by atoms with Gasteiger partial charge < -0.3 is 19.8 Å². The van der Waals surface area contributed by atoms with E-state index in [9.17, 15) is 4.79 Å². The molecular formula is C22H34N2O3. The number of ether oxygens (including phenoxy) is 2. The maximum atomic E-state index is 13.2. The van der Waals surface area contributed by atoms with Crippen LogP contribution in [0.2, 0.25) is 0 Å². The monoisotopic (exact) mass is 374 g/mol. The fraction of sp³-hybridized carbons (Fsp3) is 0.591. The van der Waals surface area contributed by atoms with Crippen LogP contribution in [0.4, 0.5) is 0 Å². The van der Waals surface area contributed by atoms with Crippen LogP contribution >= 0.6 is 0 Å². The molecule has 0 atom stereocenters. The van der Waals surface area contributed by atoms with Gasteiger partial charge in [-0.05, 0) is 43.9 Å². The molecule has 0 bridgehead atoms. The summed E-state index contributed by atoms with van der Waals surface area (Å²) in [5.74, 6) is 1.44. The largest absolute Gasteiger partial charge is 0.491 e. The van der Waals surface area contributed by atoms with Crippen molar-refractivity contribution in [2.24, 2.45) is 11.1 Å². The van der Waals surface area contributed by atoms with Crippen LogP contribution in [-0.4, -0.2) is 17.3 Å². The zero-order valence-electron chi connectivity index (χ0n) is 17.6. The highest BCUT2D eigenvalue weighted by atomic mass is 16.5. The maximum absolute atomic E-state index is 13.2. The Labute approximate surface area is 162 Å². The molecule has 5 nitrogen and oxygen atoms in total. The SMILES string of the molecule is CCCCOc1c(CN)n(CC(C)(C)C)c(=O)c2ccc(OC(C)C)cc12. The Morgan fingerprint density at radius 1 is 1.19 bits per heavy atom. The van der Waals surface area contributed by atoms with Gasteiger partial charge in [-0.2, -0.15) is 0 Å². The molecule has 0 amide bonds. The highest BCUT2D eigenvalue weighted by Gasteiger charge is 2.21. The Morgan fingerprint density at radius 3 is 2.44 bits per heavy atom. The molecule has 1 aromatic heterocycles. The second-order valence-electron chi connectivity index (χ2n) is 8.51. The van der Waals surface area contributed by atoms with E-state index in [-0.39, 0.29) is 23.6 Å². The number of hydrogen-bond donors (Lipinski definition) is 1. The second kappa shape index (κ2) is 8.79. The molecular weight excluding hydrogens is 340 g/mol. The minimum absolute atomic E-state index is 0.0284. The van der Waals surface area contributed by atoms with Crippen LogP contribution in [0.1, 0.15) is 60.1 Å². The van der Waals surface area contributed by atoms with E-state index in [4.69, 9.17) is 15.2 Å². The Morgan fingerprint density at radius 2 is 1.89 bits per heavy atom. The summed E-state index contributed by atoms with van der Waals surface area (Å²) in [4.78, 5) is 13.2. The van der Waals surface area contributed by atoms with E-state index in [2.05, 4.69) is 27.7 Å². The Bertz CT molecular complexity index is 832. The minimum Gasteiger partial charge on any atom is -0.491 e. The van der Waals surface area contributed by atoms with Crippen molar-refractivity contribution in [2.75, 3.05) is 6.61 Å². The van der Waals surface area contributed by atoms with Crippen molar-refractivity contribution in [1.82, 2.24) is 4.57 Å². The van der Waals surface area contributed by atoms with E-state index in [1.54, 1.807) is 4.57 Å². The van der Waals surface area contributed by atoms with Gasteiger partial charge in [0.1, 0.15) is 11.5 Å². The summed E-state index contributed by atoms with van der Waals surface area (Å²) in [5.41, 5.74) is 6.75. The number of pyridine rings is 1. The van der Waals surface area contributed by atoms with Crippen molar-refractivity contribution in [3.8, 4) is 11.5 Å². The highest BCUT2D eigenvalue weighted by molar-refractivity contribution is 5.89. The first-order chi connectivity index (χ1) is 12.7. The first-order valence-corrected chi connectivity index (χ1v) is 9.87. The molecule has 27 heavy (non-hydrogen) atoms. The van der Waals surface area contributed by atoms with E-state index in [1.165, 1.54) is 0 Å².